The lowest BCUT2D eigenvalue weighted by molar-refractivity contribution is 0.129. The van der Waals surface area contributed by atoms with Gasteiger partial charge in [0.15, 0.2) is 0 Å². The zero-order valence-electron chi connectivity index (χ0n) is 10.8. The summed E-state index contributed by atoms with van der Waals surface area (Å²) in [5, 5.41) is 0.547. The summed E-state index contributed by atoms with van der Waals surface area (Å²) in [7, 11) is 0. The van der Waals surface area contributed by atoms with E-state index in [1.807, 2.05) is 6.92 Å². The van der Waals surface area contributed by atoms with Crippen molar-refractivity contribution in [1.82, 2.24) is 14.9 Å². The number of rotatable bonds is 2. The Bertz CT molecular complexity index is 374. The molecule has 0 aromatic carbocycles. The third-order valence-electron chi connectivity index (χ3n) is 3.65. The zero-order valence-corrected chi connectivity index (χ0v) is 11.5. The van der Waals surface area contributed by atoms with Crippen molar-refractivity contribution in [2.24, 2.45) is 11.8 Å². The second-order valence-electron chi connectivity index (χ2n) is 5.23. The van der Waals surface area contributed by atoms with Crippen LogP contribution in [0.4, 0.5) is 0 Å². The van der Waals surface area contributed by atoms with E-state index in [4.69, 9.17) is 11.6 Å². The molecule has 17 heavy (non-hydrogen) atoms. The molecule has 1 aromatic heterocycles. The van der Waals surface area contributed by atoms with Crippen molar-refractivity contribution in [2.75, 3.05) is 13.1 Å². The van der Waals surface area contributed by atoms with Gasteiger partial charge in [-0.25, -0.2) is 9.97 Å². The van der Waals surface area contributed by atoms with Gasteiger partial charge in [-0.3, -0.25) is 4.90 Å². The van der Waals surface area contributed by atoms with Crippen LogP contribution in [-0.2, 0) is 6.54 Å². The SMILES string of the molecule is Cc1cc(Cl)nc(CN2CCC(C)C(C)C2)n1. The van der Waals surface area contributed by atoms with Crippen LogP contribution in [0.3, 0.4) is 0 Å². The Hall–Kier alpha value is -0.670. The molecule has 3 nitrogen and oxygen atoms in total. The summed E-state index contributed by atoms with van der Waals surface area (Å²) in [6.07, 6.45) is 1.26. The Labute approximate surface area is 108 Å². The van der Waals surface area contributed by atoms with E-state index in [1.54, 1.807) is 6.07 Å². The second kappa shape index (κ2) is 5.32. The molecule has 0 bridgehead atoms. The molecular weight excluding hydrogens is 234 g/mol. The molecule has 1 fully saturated rings. The van der Waals surface area contributed by atoms with Crippen LogP contribution in [0.15, 0.2) is 6.07 Å². The van der Waals surface area contributed by atoms with Gasteiger partial charge in [-0.05, 0) is 37.8 Å². The smallest absolute Gasteiger partial charge is 0.144 e. The first-order valence-electron chi connectivity index (χ1n) is 6.27. The van der Waals surface area contributed by atoms with Crippen molar-refractivity contribution in [3.8, 4) is 0 Å². The van der Waals surface area contributed by atoms with Crippen LogP contribution in [0, 0.1) is 18.8 Å². The molecule has 1 saturated heterocycles. The van der Waals surface area contributed by atoms with E-state index in [9.17, 15) is 0 Å². The number of aromatic nitrogens is 2. The van der Waals surface area contributed by atoms with Crippen molar-refractivity contribution in [3.05, 3.63) is 22.7 Å². The molecule has 2 heterocycles. The van der Waals surface area contributed by atoms with Gasteiger partial charge in [0.1, 0.15) is 11.0 Å². The highest BCUT2D eigenvalue weighted by Crippen LogP contribution is 2.23. The molecule has 1 aliphatic heterocycles. The Morgan fingerprint density at radius 2 is 2.12 bits per heavy atom. The Morgan fingerprint density at radius 3 is 2.76 bits per heavy atom. The maximum Gasteiger partial charge on any atom is 0.144 e. The van der Waals surface area contributed by atoms with Gasteiger partial charge in [-0.2, -0.15) is 0 Å². The first-order chi connectivity index (χ1) is 8.04. The minimum atomic E-state index is 0.547. The van der Waals surface area contributed by atoms with Gasteiger partial charge in [0.05, 0.1) is 6.54 Å². The minimum Gasteiger partial charge on any atom is -0.296 e. The molecule has 94 valence electrons. The van der Waals surface area contributed by atoms with Gasteiger partial charge in [0, 0.05) is 12.2 Å². The molecule has 0 N–H and O–H groups in total. The molecule has 1 aliphatic rings. The minimum absolute atomic E-state index is 0.547. The molecule has 0 spiro atoms. The summed E-state index contributed by atoms with van der Waals surface area (Å²) in [6, 6.07) is 1.80. The summed E-state index contributed by atoms with van der Waals surface area (Å²) >= 11 is 5.95. The average Bonchev–Trinajstić information content (AvgIpc) is 2.22. The van der Waals surface area contributed by atoms with Crippen LogP contribution in [0.5, 0.6) is 0 Å². The molecule has 0 radical (unpaired) electrons. The van der Waals surface area contributed by atoms with Crippen molar-refractivity contribution in [3.63, 3.8) is 0 Å². The summed E-state index contributed by atoms with van der Waals surface area (Å²) < 4.78 is 0. The van der Waals surface area contributed by atoms with E-state index in [0.717, 1.165) is 43.0 Å². The molecular formula is C13H20ClN3. The van der Waals surface area contributed by atoms with E-state index in [0.29, 0.717) is 5.15 Å². The van der Waals surface area contributed by atoms with E-state index in [-0.39, 0.29) is 0 Å². The summed E-state index contributed by atoms with van der Waals surface area (Å²) in [5.74, 6) is 2.43. The molecule has 2 rings (SSSR count). The fourth-order valence-corrected chi connectivity index (χ4v) is 2.61. The molecule has 0 amide bonds. The van der Waals surface area contributed by atoms with E-state index >= 15 is 0 Å². The summed E-state index contributed by atoms with van der Waals surface area (Å²) in [4.78, 5) is 11.1. The van der Waals surface area contributed by atoms with Crippen LogP contribution < -0.4 is 0 Å². The number of hydrogen-bond acceptors (Lipinski definition) is 3. The normalized spacial score (nSPS) is 26.1. The molecule has 1 aromatic rings. The number of hydrogen-bond donors (Lipinski definition) is 0. The van der Waals surface area contributed by atoms with Gasteiger partial charge in [-0.15, -0.1) is 0 Å². The molecule has 2 atom stereocenters. The number of halogens is 1. The van der Waals surface area contributed by atoms with Crippen LogP contribution in [0.2, 0.25) is 5.15 Å². The van der Waals surface area contributed by atoms with Gasteiger partial charge in [-0.1, -0.05) is 25.4 Å². The molecule has 4 heteroatoms. The molecule has 2 unspecified atom stereocenters. The monoisotopic (exact) mass is 253 g/mol. The average molecular weight is 254 g/mol. The summed E-state index contributed by atoms with van der Waals surface area (Å²) in [5.41, 5.74) is 0.943. The van der Waals surface area contributed by atoms with Gasteiger partial charge >= 0.3 is 0 Å². The predicted molar refractivity (Wildman–Crippen MR) is 70.0 cm³/mol. The van der Waals surface area contributed by atoms with Crippen molar-refractivity contribution < 1.29 is 0 Å². The van der Waals surface area contributed by atoms with Crippen LogP contribution in [0.1, 0.15) is 31.8 Å². The van der Waals surface area contributed by atoms with Gasteiger partial charge in [0.25, 0.3) is 0 Å². The highest BCUT2D eigenvalue weighted by molar-refractivity contribution is 6.29. The van der Waals surface area contributed by atoms with Crippen LogP contribution in [0.25, 0.3) is 0 Å². The second-order valence-corrected chi connectivity index (χ2v) is 5.61. The third kappa shape index (κ3) is 3.39. The van der Waals surface area contributed by atoms with Crippen molar-refractivity contribution in [1.29, 1.82) is 0 Å². The van der Waals surface area contributed by atoms with E-state index < -0.39 is 0 Å². The maximum atomic E-state index is 5.95. The highest BCUT2D eigenvalue weighted by Gasteiger charge is 2.23. The fraction of sp³-hybridized carbons (Fsp3) is 0.692. The number of nitrogens with zero attached hydrogens (tertiary/aromatic N) is 3. The topological polar surface area (TPSA) is 29.0 Å². The van der Waals surface area contributed by atoms with Crippen LogP contribution in [-0.4, -0.2) is 28.0 Å². The lowest BCUT2D eigenvalue weighted by atomic mass is 9.89. The number of piperidine rings is 1. The Kier molecular flexibility index (Phi) is 4.00. The van der Waals surface area contributed by atoms with Gasteiger partial charge < -0.3 is 0 Å². The number of likely N-dealkylation sites (tertiary alicyclic amines) is 1. The fourth-order valence-electron chi connectivity index (χ4n) is 2.35. The van der Waals surface area contributed by atoms with Crippen LogP contribution >= 0.6 is 11.6 Å². The number of aryl methyl sites for hydroxylation is 1. The predicted octanol–water partition coefficient (Wildman–Crippen LogP) is 2.92. The quantitative estimate of drug-likeness (QED) is 0.759. The lowest BCUT2D eigenvalue weighted by Gasteiger charge is -2.34. The third-order valence-corrected chi connectivity index (χ3v) is 3.85. The lowest BCUT2D eigenvalue weighted by Crippen LogP contribution is -2.38. The van der Waals surface area contributed by atoms with E-state index in [2.05, 4.69) is 28.7 Å². The standard InChI is InChI=1S/C13H20ClN3/c1-9-4-5-17(7-10(9)2)8-13-15-11(3)6-12(14)16-13/h6,9-10H,4-5,7-8H2,1-3H3. The zero-order chi connectivity index (χ0) is 12.4. The highest BCUT2D eigenvalue weighted by atomic mass is 35.5. The summed E-state index contributed by atoms with van der Waals surface area (Å²) in [6.45, 7) is 9.70. The Balaban J connectivity index is 2.01. The first-order valence-corrected chi connectivity index (χ1v) is 6.65. The molecule has 0 saturated carbocycles. The van der Waals surface area contributed by atoms with E-state index in [1.165, 1.54) is 6.42 Å². The van der Waals surface area contributed by atoms with Crippen molar-refractivity contribution in [2.45, 2.75) is 33.7 Å². The first kappa shape index (κ1) is 12.8. The molecule has 0 aliphatic carbocycles. The Morgan fingerprint density at radius 1 is 1.35 bits per heavy atom. The largest absolute Gasteiger partial charge is 0.296 e. The van der Waals surface area contributed by atoms with Gasteiger partial charge in [0.2, 0.25) is 0 Å². The van der Waals surface area contributed by atoms with Crippen molar-refractivity contribution >= 4 is 11.6 Å². The maximum absolute atomic E-state index is 5.95.